The second kappa shape index (κ2) is 17.0. The van der Waals surface area contributed by atoms with Crippen molar-refractivity contribution < 1.29 is 31.9 Å². The maximum atomic E-state index is 13.5. The van der Waals surface area contributed by atoms with E-state index in [9.17, 15) is 22.4 Å². The number of carbonyl (C=O) groups is 2. The normalized spacial score (nSPS) is 13.3. The van der Waals surface area contributed by atoms with E-state index in [-0.39, 0.29) is 17.1 Å². The van der Waals surface area contributed by atoms with Crippen LogP contribution in [0.5, 0.6) is 0 Å². The Morgan fingerprint density at radius 1 is 0.972 bits per heavy atom. The minimum absolute atomic E-state index is 0.00261. The summed E-state index contributed by atoms with van der Waals surface area (Å²) in [6, 6.07) is 5.17. The Balaban J connectivity index is 2.73. The summed E-state index contributed by atoms with van der Waals surface area (Å²) in [6.07, 6.45) is 10.7. The van der Waals surface area contributed by atoms with Gasteiger partial charge in [-0.25, -0.2) is 13.2 Å². The average Bonchev–Trinajstić information content (AvgIpc) is 2.82. The lowest BCUT2D eigenvalue weighted by Gasteiger charge is -2.33. The Bertz CT molecular complexity index is 898. The van der Waals surface area contributed by atoms with Gasteiger partial charge in [0.25, 0.3) is 5.91 Å². The minimum atomic E-state index is -3.50. The van der Waals surface area contributed by atoms with Gasteiger partial charge in [0.05, 0.1) is 18.2 Å². The van der Waals surface area contributed by atoms with Crippen LogP contribution >= 0.6 is 23.2 Å². The summed E-state index contributed by atoms with van der Waals surface area (Å²) < 4.78 is 47.7. The number of benzene rings is 1. The van der Waals surface area contributed by atoms with Crippen LogP contribution in [0.4, 0.5) is 9.18 Å². The summed E-state index contributed by atoms with van der Waals surface area (Å²) in [4.78, 5) is 23.2. The fourth-order valence-electron chi connectivity index (χ4n) is 3.69. The summed E-state index contributed by atoms with van der Waals surface area (Å²) in [6.45, 7) is 1.33. The first-order chi connectivity index (χ1) is 17.1. The summed E-state index contributed by atoms with van der Waals surface area (Å²) in [7, 11) is -3.50. The third-order valence-electron chi connectivity index (χ3n) is 5.69. The summed E-state index contributed by atoms with van der Waals surface area (Å²) in [5.41, 5.74) is -1.86. The Morgan fingerprint density at radius 3 is 1.97 bits per heavy atom. The predicted octanol–water partition coefficient (Wildman–Crippen LogP) is 6.60. The number of nitrogens with one attached hydrogen (secondary N) is 1. The number of alkyl halides is 3. The molecule has 11 heteroatoms. The largest absolute Gasteiger partial charge is 0.510 e. The molecule has 1 aromatic rings. The molecule has 1 rings (SSSR count). The second-order valence-corrected chi connectivity index (χ2v) is 11.8. The zero-order valence-electron chi connectivity index (χ0n) is 21.1. The fourth-order valence-corrected chi connectivity index (χ4v) is 4.43. The van der Waals surface area contributed by atoms with Crippen LogP contribution in [0.3, 0.4) is 0 Å². The number of amides is 1. The molecule has 0 radical (unpaired) electrons. The SMILES string of the molecule is CCCCCCCCCCCCOC(=O)OC(CCF)(NC(=O)C(Cl)Cl)c1ccc(S(C)(=O)=O)cc1. The first kappa shape index (κ1) is 32.4. The lowest BCUT2D eigenvalue weighted by Crippen LogP contribution is -2.51. The number of hydrogen-bond acceptors (Lipinski definition) is 6. The third kappa shape index (κ3) is 12.1. The van der Waals surface area contributed by atoms with Crippen LogP contribution in [0.25, 0.3) is 0 Å². The summed E-state index contributed by atoms with van der Waals surface area (Å²) >= 11 is 11.3. The molecule has 7 nitrogen and oxygen atoms in total. The van der Waals surface area contributed by atoms with Crippen LogP contribution < -0.4 is 5.32 Å². The van der Waals surface area contributed by atoms with E-state index in [1.165, 1.54) is 62.8 Å². The molecule has 0 spiro atoms. The number of halogens is 3. The van der Waals surface area contributed by atoms with Crippen molar-refractivity contribution in [3.8, 4) is 0 Å². The highest BCUT2D eigenvalue weighted by Crippen LogP contribution is 2.30. The highest BCUT2D eigenvalue weighted by atomic mass is 35.5. The van der Waals surface area contributed by atoms with Gasteiger partial charge in [-0.05, 0) is 18.6 Å². The van der Waals surface area contributed by atoms with Crippen LogP contribution in [-0.2, 0) is 29.8 Å². The molecule has 0 saturated carbocycles. The molecule has 0 aliphatic carbocycles. The van der Waals surface area contributed by atoms with Crippen LogP contribution in [0.1, 0.15) is 83.1 Å². The van der Waals surface area contributed by atoms with Gasteiger partial charge in [0.15, 0.2) is 14.7 Å². The molecular formula is C25H38Cl2FNO6S. The Hall–Kier alpha value is -1.58. The third-order valence-corrected chi connectivity index (χ3v) is 7.22. The van der Waals surface area contributed by atoms with E-state index in [1.54, 1.807) is 0 Å². The van der Waals surface area contributed by atoms with Gasteiger partial charge in [-0.2, -0.15) is 0 Å². The van der Waals surface area contributed by atoms with Crippen molar-refractivity contribution in [2.24, 2.45) is 0 Å². The lowest BCUT2D eigenvalue weighted by molar-refractivity contribution is -0.131. The van der Waals surface area contributed by atoms with Crippen molar-refractivity contribution in [2.75, 3.05) is 19.5 Å². The zero-order valence-corrected chi connectivity index (χ0v) is 23.4. The number of hydrogen-bond donors (Lipinski definition) is 1. The van der Waals surface area contributed by atoms with Gasteiger partial charge in [0, 0.05) is 18.2 Å². The van der Waals surface area contributed by atoms with Gasteiger partial charge in [-0.3, -0.25) is 9.18 Å². The molecule has 1 N–H and O–H groups in total. The molecule has 1 atom stereocenters. The summed E-state index contributed by atoms with van der Waals surface area (Å²) in [5.74, 6) is -0.915. The smallest absolute Gasteiger partial charge is 0.434 e. The van der Waals surface area contributed by atoms with Gasteiger partial charge in [0.2, 0.25) is 5.72 Å². The molecule has 206 valence electrons. The average molecular weight is 571 g/mol. The first-order valence-corrected chi connectivity index (χ1v) is 15.1. The van der Waals surface area contributed by atoms with Crippen LogP contribution in [-0.4, -0.2) is 44.9 Å². The highest BCUT2D eigenvalue weighted by molar-refractivity contribution is 7.90. The van der Waals surface area contributed by atoms with E-state index in [2.05, 4.69) is 12.2 Å². The molecule has 0 saturated heterocycles. The van der Waals surface area contributed by atoms with Crippen molar-refractivity contribution in [3.63, 3.8) is 0 Å². The minimum Gasteiger partial charge on any atom is -0.434 e. The number of carbonyl (C=O) groups excluding carboxylic acids is 2. The number of rotatable bonds is 18. The lowest BCUT2D eigenvalue weighted by atomic mass is 9.99. The molecule has 0 aliphatic heterocycles. The van der Waals surface area contributed by atoms with Gasteiger partial charge < -0.3 is 14.8 Å². The van der Waals surface area contributed by atoms with E-state index < -0.39 is 45.6 Å². The van der Waals surface area contributed by atoms with Crippen LogP contribution in [0.2, 0.25) is 0 Å². The quantitative estimate of drug-likeness (QED) is 0.0925. The molecule has 36 heavy (non-hydrogen) atoms. The van der Waals surface area contributed by atoms with E-state index in [1.807, 2.05) is 0 Å². The monoisotopic (exact) mass is 569 g/mol. The van der Waals surface area contributed by atoms with E-state index in [0.717, 1.165) is 25.5 Å². The van der Waals surface area contributed by atoms with Crippen molar-refractivity contribution in [1.82, 2.24) is 5.32 Å². The molecule has 0 bridgehead atoms. The summed E-state index contributed by atoms with van der Waals surface area (Å²) in [5, 5.41) is 2.36. The number of sulfone groups is 1. The predicted molar refractivity (Wildman–Crippen MR) is 140 cm³/mol. The number of unbranched alkanes of at least 4 members (excludes halogenated alkanes) is 9. The molecule has 1 aromatic carbocycles. The second-order valence-electron chi connectivity index (χ2n) is 8.73. The van der Waals surface area contributed by atoms with Gasteiger partial charge in [0.1, 0.15) is 0 Å². The first-order valence-electron chi connectivity index (χ1n) is 12.4. The maximum absolute atomic E-state index is 13.5. The Labute approximate surface area is 224 Å². The van der Waals surface area contributed by atoms with Crippen LogP contribution in [0, 0.1) is 0 Å². The topological polar surface area (TPSA) is 98.8 Å². The zero-order chi connectivity index (χ0) is 27.0. The van der Waals surface area contributed by atoms with Crippen LogP contribution in [0.15, 0.2) is 29.2 Å². The molecule has 0 heterocycles. The van der Waals surface area contributed by atoms with Crippen molar-refractivity contribution in [1.29, 1.82) is 0 Å². The van der Waals surface area contributed by atoms with Gasteiger partial charge >= 0.3 is 6.16 Å². The molecule has 1 unspecified atom stereocenters. The molecule has 0 aromatic heterocycles. The molecular weight excluding hydrogens is 532 g/mol. The highest BCUT2D eigenvalue weighted by Gasteiger charge is 2.40. The van der Waals surface area contributed by atoms with Gasteiger partial charge in [-0.15, -0.1) is 0 Å². The maximum Gasteiger partial charge on any atom is 0.510 e. The van der Waals surface area contributed by atoms with Crippen molar-refractivity contribution >= 4 is 45.1 Å². The van der Waals surface area contributed by atoms with E-state index in [0.29, 0.717) is 6.42 Å². The van der Waals surface area contributed by atoms with Crippen molar-refractivity contribution in [3.05, 3.63) is 29.8 Å². The number of ether oxygens (including phenoxy) is 2. The van der Waals surface area contributed by atoms with Crippen molar-refractivity contribution in [2.45, 2.75) is 93.0 Å². The molecule has 0 fully saturated rings. The van der Waals surface area contributed by atoms with E-state index >= 15 is 0 Å². The standard InChI is InChI=1S/C25H38Cl2FNO6S/c1-3-4-5-6-7-8-9-10-11-12-19-34-24(31)35-25(17-18-28,29-23(30)22(26)27)20-13-15-21(16-14-20)36(2,32)33/h13-16,22H,3-12,17-19H2,1-2H3,(H,29,30). The van der Waals surface area contributed by atoms with Gasteiger partial charge in [-0.1, -0.05) is 100 Å². The molecule has 1 amide bonds. The Morgan fingerprint density at radius 2 is 1.50 bits per heavy atom. The Kier molecular flexibility index (Phi) is 15.3. The van der Waals surface area contributed by atoms with E-state index in [4.69, 9.17) is 32.7 Å². The fraction of sp³-hybridized carbons (Fsp3) is 0.680. The molecule has 0 aliphatic rings.